The fourth-order valence-corrected chi connectivity index (χ4v) is 6.21. The summed E-state index contributed by atoms with van der Waals surface area (Å²) in [6, 6.07) is 6.37. The maximum absolute atomic E-state index is 11.8. The zero-order valence-corrected chi connectivity index (χ0v) is 19.2. The van der Waals surface area contributed by atoms with Crippen LogP contribution in [0.25, 0.3) is 10.4 Å². The second kappa shape index (κ2) is 9.58. The number of nitrogens with zero attached hydrogens (tertiary/aromatic N) is 2. The van der Waals surface area contributed by atoms with Crippen molar-refractivity contribution in [2.24, 2.45) is 0 Å². The molecule has 1 saturated heterocycles. The van der Waals surface area contributed by atoms with Gasteiger partial charge in [0, 0.05) is 47.4 Å². The normalized spacial score (nSPS) is 22.0. The van der Waals surface area contributed by atoms with Crippen molar-refractivity contribution >= 4 is 35.1 Å². The zero-order chi connectivity index (χ0) is 21.1. The van der Waals surface area contributed by atoms with Crippen LogP contribution in [0.3, 0.4) is 0 Å². The van der Waals surface area contributed by atoms with Gasteiger partial charge in [-0.05, 0) is 70.0 Å². The number of amides is 1. The number of nitrogens with two attached hydrogens (primary N) is 1. The summed E-state index contributed by atoms with van der Waals surface area (Å²) in [6.45, 7) is 6.00. The highest BCUT2D eigenvalue weighted by molar-refractivity contribution is 7.97. The number of anilines is 1. The minimum Gasteiger partial charge on any atom is -0.447 e. The van der Waals surface area contributed by atoms with Gasteiger partial charge in [0.15, 0.2) is 0 Å². The van der Waals surface area contributed by atoms with Gasteiger partial charge in [-0.15, -0.1) is 11.3 Å². The van der Waals surface area contributed by atoms with Crippen LogP contribution in [-0.2, 0) is 4.74 Å². The fourth-order valence-electron chi connectivity index (χ4n) is 3.84. The molecule has 2 aromatic rings. The minimum atomic E-state index is -0.305. The quantitative estimate of drug-likeness (QED) is 0.465. The van der Waals surface area contributed by atoms with E-state index in [0.717, 1.165) is 44.5 Å². The summed E-state index contributed by atoms with van der Waals surface area (Å²) in [5.41, 5.74) is 8.07. The lowest BCUT2D eigenvalue weighted by atomic mass is 9.86. The lowest BCUT2D eigenvalue weighted by molar-refractivity contribution is 0.109. The van der Waals surface area contributed by atoms with Crippen molar-refractivity contribution in [1.29, 1.82) is 0 Å². The molecule has 4 rings (SSSR count). The molecule has 1 aromatic heterocycles. The molecule has 0 bridgehead atoms. The van der Waals surface area contributed by atoms with E-state index in [9.17, 15) is 4.79 Å². The van der Waals surface area contributed by atoms with Gasteiger partial charge < -0.3 is 15.8 Å². The Balaban J connectivity index is 1.39. The SMILES string of the molecule is CC(C)OC(=O)NC1CCC(c2ncc(-c3ccc(N)cc3SN3CCC3)s2)CC1. The summed E-state index contributed by atoms with van der Waals surface area (Å²) in [5, 5.41) is 4.20. The zero-order valence-electron chi connectivity index (χ0n) is 17.6. The van der Waals surface area contributed by atoms with Crippen molar-refractivity contribution in [1.82, 2.24) is 14.6 Å². The molecule has 30 heavy (non-hydrogen) atoms. The summed E-state index contributed by atoms with van der Waals surface area (Å²) in [7, 11) is 0. The summed E-state index contributed by atoms with van der Waals surface area (Å²) < 4.78 is 7.58. The van der Waals surface area contributed by atoms with Crippen LogP contribution in [0.4, 0.5) is 10.5 Å². The Bertz CT molecular complexity index is 874. The lowest BCUT2D eigenvalue weighted by Gasteiger charge is -2.29. The van der Waals surface area contributed by atoms with Gasteiger partial charge in [0.1, 0.15) is 0 Å². The highest BCUT2D eigenvalue weighted by Gasteiger charge is 2.26. The summed E-state index contributed by atoms with van der Waals surface area (Å²) in [5.74, 6) is 0.461. The molecule has 1 saturated carbocycles. The van der Waals surface area contributed by atoms with Crippen molar-refractivity contribution in [3.63, 3.8) is 0 Å². The minimum absolute atomic E-state index is 0.0902. The van der Waals surface area contributed by atoms with E-state index in [1.54, 1.807) is 23.3 Å². The molecule has 2 heterocycles. The number of benzene rings is 1. The predicted molar refractivity (Wildman–Crippen MR) is 124 cm³/mol. The first kappa shape index (κ1) is 21.5. The monoisotopic (exact) mass is 446 g/mol. The summed E-state index contributed by atoms with van der Waals surface area (Å²) in [6.07, 6.45) is 6.88. The Morgan fingerprint density at radius 2 is 2.07 bits per heavy atom. The van der Waals surface area contributed by atoms with Crippen LogP contribution in [0.2, 0.25) is 0 Å². The van der Waals surface area contributed by atoms with Crippen LogP contribution in [0, 0.1) is 0 Å². The molecule has 1 aliphatic carbocycles. The molecule has 2 aliphatic rings. The molecule has 1 aliphatic heterocycles. The van der Waals surface area contributed by atoms with Crippen molar-refractivity contribution in [3.05, 3.63) is 29.4 Å². The van der Waals surface area contributed by atoms with E-state index in [-0.39, 0.29) is 18.2 Å². The Hall–Kier alpha value is -1.77. The fraction of sp³-hybridized carbons (Fsp3) is 0.545. The van der Waals surface area contributed by atoms with E-state index in [1.807, 2.05) is 26.1 Å². The molecule has 3 N–H and O–H groups in total. The van der Waals surface area contributed by atoms with E-state index in [2.05, 4.69) is 21.8 Å². The number of carbonyl (C=O) groups excluding carboxylic acids is 1. The third-order valence-corrected chi connectivity index (χ3v) is 7.93. The van der Waals surface area contributed by atoms with E-state index in [1.165, 1.54) is 26.8 Å². The number of nitrogen functional groups attached to an aromatic ring is 1. The van der Waals surface area contributed by atoms with Crippen LogP contribution in [0.1, 0.15) is 56.9 Å². The number of alkyl carbamates (subject to hydrolysis) is 1. The summed E-state index contributed by atoms with van der Waals surface area (Å²) in [4.78, 5) is 19.0. The first-order valence-electron chi connectivity index (χ1n) is 10.7. The molecule has 0 spiro atoms. The van der Waals surface area contributed by atoms with Gasteiger partial charge in [0.25, 0.3) is 0 Å². The van der Waals surface area contributed by atoms with E-state index in [4.69, 9.17) is 15.5 Å². The summed E-state index contributed by atoms with van der Waals surface area (Å²) >= 11 is 3.59. The number of nitrogens with one attached hydrogen (secondary N) is 1. The average molecular weight is 447 g/mol. The molecule has 0 radical (unpaired) electrons. The van der Waals surface area contributed by atoms with Crippen molar-refractivity contribution in [2.45, 2.75) is 68.9 Å². The van der Waals surface area contributed by atoms with Crippen LogP contribution < -0.4 is 11.1 Å². The van der Waals surface area contributed by atoms with Gasteiger partial charge in [-0.2, -0.15) is 0 Å². The van der Waals surface area contributed by atoms with Gasteiger partial charge in [0.2, 0.25) is 0 Å². The molecule has 1 aromatic carbocycles. The molecule has 2 fully saturated rings. The van der Waals surface area contributed by atoms with E-state index < -0.39 is 0 Å². The maximum Gasteiger partial charge on any atom is 0.407 e. The number of rotatable bonds is 6. The highest BCUT2D eigenvalue weighted by Crippen LogP contribution is 2.42. The Labute approximate surface area is 186 Å². The molecular formula is C22H30N4O2S2. The van der Waals surface area contributed by atoms with Crippen LogP contribution in [0.15, 0.2) is 29.3 Å². The predicted octanol–water partition coefficient (Wildman–Crippen LogP) is 5.27. The van der Waals surface area contributed by atoms with Crippen molar-refractivity contribution < 1.29 is 9.53 Å². The van der Waals surface area contributed by atoms with Gasteiger partial charge in [0.05, 0.1) is 16.0 Å². The van der Waals surface area contributed by atoms with E-state index in [0.29, 0.717) is 5.92 Å². The molecule has 0 unspecified atom stereocenters. The Morgan fingerprint density at radius 3 is 2.73 bits per heavy atom. The van der Waals surface area contributed by atoms with Gasteiger partial charge in [-0.3, -0.25) is 0 Å². The van der Waals surface area contributed by atoms with Crippen LogP contribution in [-0.4, -0.2) is 40.6 Å². The smallest absolute Gasteiger partial charge is 0.407 e. The lowest BCUT2D eigenvalue weighted by Crippen LogP contribution is -2.38. The van der Waals surface area contributed by atoms with Gasteiger partial charge >= 0.3 is 6.09 Å². The second-order valence-electron chi connectivity index (χ2n) is 8.34. The number of hydrogen-bond donors (Lipinski definition) is 2. The molecule has 6 nitrogen and oxygen atoms in total. The third kappa shape index (κ3) is 5.28. The van der Waals surface area contributed by atoms with E-state index >= 15 is 0 Å². The largest absolute Gasteiger partial charge is 0.447 e. The standard InChI is InChI=1S/C22H30N4O2S2/c1-14(2)28-22(27)25-17-7-4-15(5-8-17)21-24-13-20(29-21)18-9-6-16(23)12-19(18)30-26-10-3-11-26/h6,9,12-15,17H,3-5,7-8,10-11,23H2,1-2H3,(H,25,27). The van der Waals surface area contributed by atoms with Crippen LogP contribution in [0.5, 0.6) is 0 Å². The third-order valence-electron chi connectivity index (χ3n) is 5.58. The Morgan fingerprint density at radius 1 is 1.30 bits per heavy atom. The van der Waals surface area contributed by atoms with Crippen molar-refractivity contribution in [2.75, 3.05) is 18.8 Å². The maximum atomic E-state index is 11.8. The molecular weight excluding hydrogens is 416 g/mol. The highest BCUT2D eigenvalue weighted by atomic mass is 32.2. The molecule has 8 heteroatoms. The number of hydrogen-bond acceptors (Lipinski definition) is 7. The molecule has 0 atom stereocenters. The molecule has 1 amide bonds. The Kier molecular flexibility index (Phi) is 6.85. The topological polar surface area (TPSA) is 80.5 Å². The van der Waals surface area contributed by atoms with Gasteiger partial charge in [-0.1, -0.05) is 6.07 Å². The second-order valence-corrected chi connectivity index (χ2v) is 10.5. The number of aromatic nitrogens is 1. The van der Waals surface area contributed by atoms with Crippen LogP contribution >= 0.6 is 23.3 Å². The first-order chi connectivity index (χ1) is 14.5. The number of carbonyl (C=O) groups is 1. The van der Waals surface area contributed by atoms with Crippen molar-refractivity contribution in [3.8, 4) is 10.4 Å². The average Bonchev–Trinajstić information content (AvgIpc) is 3.14. The number of thiazole rings is 1. The van der Waals surface area contributed by atoms with Gasteiger partial charge in [-0.25, -0.2) is 14.1 Å². The number of ether oxygens (including phenoxy) is 1. The first-order valence-corrected chi connectivity index (χ1v) is 12.3. The molecule has 162 valence electrons.